The maximum Gasteiger partial charge on any atom is 0.224 e. The normalized spacial score (nSPS) is 27.4. The third-order valence-electron chi connectivity index (χ3n) is 3.18. The van der Waals surface area contributed by atoms with Crippen molar-refractivity contribution in [2.75, 3.05) is 20.3 Å². The lowest BCUT2D eigenvalue weighted by atomic mass is 9.94. The summed E-state index contributed by atoms with van der Waals surface area (Å²) in [4.78, 5) is 11.9. The minimum absolute atomic E-state index is 0.140. The molecule has 0 radical (unpaired) electrons. The number of carbonyl (C=O) groups is 1. The van der Waals surface area contributed by atoms with Crippen LogP contribution in [0.2, 0.25) is 0 Å². The topological polar surface area (TPSA) is 50.4 Å². The van der Waals surface area contributed by atoms with Crippen molar-refractivity contribution in [2.45, 2.75) is 45.2 Å². The van der Waals surface area contributed by atoms with Gasteiger partial charge in [-0.05, 0) is 33.1 Å². The molecule has 0 aliphatic carbocycles. The summed E-state index contributed by atoms with van der Waals surface area (Å²) in [6.07, 6.45) is 2.96. The predicted molar refractivity (Wildman–Crippen MR) is 64.3 cm³/mol. The summed E-state index contributed by atoms with van der Waals surface area (Å²) >= 11 is 0. The van der Waals surface area contributed by atoms with Gasteiger partial charge >= 0.3 is 0 Å². The van der Waals surface area contributed by atoms with Gasteiger partial charge in [0.1, 0.15) is 0 Å². The van der Waals surface area contributed by atoms with E-state index in [2.05, 4.69) is 17.6 Å². The van der Waals surface area contributed by atoms with E-state index in [9.17, 15) is 4.79 Å². The second kappa shape index (κ2) is 6.86. The van der Waals surface area contributed by atoms with Crippen LogP contribution < -0.4 is 10.6 Å². The first-order chi connectivity index (χ1) is 7.63. The average molecular weight is 228 g/mol. The Hall–Kier alpha value is -0.610. The van der Waals surface area contributed by atoms with Crippen molar-refractivity contribution < 1.29 is 9.53 Å². The van der Waals surface area contributed by atoms with E-state index in [1.54, 1.807) is 7.11 Å². The molecule has 0 aromatic rings. The average Bonchev–Trinajstić information content (AvgIpc) is 2.27. The standard InChI is InChI=1S/C12H24N2O2/c1-9-4-5-11(8-13-9)12(15)14-10(2)6-7-16-3/h9-11,13H,4-8H2,1-3H3,(H,14,15). The fourth-order valence-electron chi connectivity index (χ4n) is 1.95. The summed E-state index contributed by atoms with van der Waals surface area (Å²) in [7, 11) is 1.68. The fourth-order valence-corrected chi connectivity index (χ4v) is 1.95. The summed E-state index contributed by atoms with van der Waals surface area (Å²) in [5, 5.41) is 6.38. The molecule has 1 rings (SSSR count). The third kappa shape index (κ3) is 4.49. The minimum atomic E-state index is 0.140. The molecule has 1 aliphatic rings. The number of nitrogens with one attached hydrogen (secondary N) is 2. The maximum atomic E-state index is 11.9. The third-order valence-corrected chi connectivity index (χ3v) is 3.18. The molecule has 16 heavy (non-hydrogen) atoms. The summed E-state index contributed by atoms with van der Waals surface area (Å²) < 4.78 is 4.99. The van der Waals surface area contributed by atoms with Gasteiger partial charge in [-0.15, -0.1) is 0 Å². The van der Waals surface area contributed by atoms with Crippen molar-refractivity contribution in [3.05, 3.63) is 0 Å². The zero-order valence-electron chi connectivity index (χ0n) is 10.6. The number of hydrogen-bond acceptors (Lipinski definition) is 3. The van der Waals surface area contributed by atoms with Gasteiger partial charge in [-0.3, -0.25) is 4.79 Å². The molecule has 94 valence electrons. The highest BCUT2D eigenvalue weighted by Gasteiger charge is 2.24. The van der Waals surface area contributed by atoms with Crippen LogP contribution in [0.3, 0.4) is 0 Å². The Balaban J connectivity index is 2.23. The van der Waals surface area contributed by atoms with Crippen molar-refractivity contribution in [1.29, 1.82) is 0 Å². The Bertz CT molecular complexity index is 213. The van der Waals surface area contributed by atoms with Crippen LogP contribution in [0, 0.1) is 5.92 Å². The number of amides is 1. The van der Waals surface area contributed by atoms with Gasteiger partial charge in [-0.2, -0.15) is 0 Å². The molecule has 0 aromatic heterocycles. The summed E-state index contributed by atoms with van der Waals surface area (Å²) in [5.41, 5.74) is 0. The zero-order chi connectivity index (χ0) is 12.0. The number of methoxy groups -OCH3 is 1. The molecule has 2 N–H and O–H groups in total. The van der Waals surface area contributed by atoms with E-state index in [1.807, 2.05) is 6.92 Å². The lowest BCUT2D eigenvalue weighted by Gasteiger charge is -2.27. The van der Waals surface area contributed by atoms with Gasteiger partial charge in [0.15, 0.2) is 0 Å². The second-order valence-electron chi connectivity index (χ2n) is 4.77. The first-order valence-corrected chi connectivity index (χ1v) is 6.16. The highest BCUT2D eigenvalue weighted by atomic mass is 16.5. The molecule has 0 aromatic carbocycles. The second-order valence-corrected chi connectivity index (χ2v) is 4.77. The van der Waals surface area contributed by atoms with Crippen molar-refractivity contribution in [3.8, 4) is 0 Å². The van der Waals surface area contributed by atoms with Crippen molar-refractivity contribution in [2.24, 2.45) is 5.92 Å². The van der Waals surface area contributed by atoms with Crippen LogP contribution in [0.5, 0.6) is 0 Å². The SMILES string of the molecule is COCCC(C)NC(=O)C1CCC(C)NC1. The molecule has 0 bridgehead atoms. The molecule has 0 saturated carbocycles. The molecule has 4 nitrogen and oxygen atoms in total. The van der Waals surface area contributed by atoms with Crippen LogP contribution in [0.4, 0.5) is 0 Å². The largest absolute Gasteiger partial charge is 0.385 e. The smallest absolute Gasteiger partial charge is 0.224 e. The summed E-state index contributed by atoms with van der Waals surface area (Å²) in [6, 6.07) is 0.752. The van der Waals surface area contributed by atoms with Crippen LogP contribution in [-0.2, 0) is 9.53 Å². The van der Waals surface area contributed by atoms with Gasteiger partial charge in [0.25, 0.3) is 0 Å². The Morgan fingerprint density at radius 3 is 2.88 bits per heavy atom. The molecule has 3 unspecified atom stereocenters. The van der Waals surface area contributed by atoms with E-state index in [4.69, 9.17) is 4.74 Å². The lowest BCUT2D eigenvalue weighted by molar-refractivity contribution is -0.126. The Morgan fingerprint density at radius 2 is 2.31 bits per heavy atom. The van der Waals surface area contributed by atoms with Gasteiger partial charge in [0.2, 0.25) is 5.91 Å². The fraction of sp³-hybridized carbons (Fsp3) is 0.917. The first-order valence-electron chi connectivity index (χ1n) is 6.16. The highest BCUT2D eigenvalue weighted by molar-refractivity contribution is 5.79. The van der Waals surface area contributed by atoms with E-state index in [0.29, 0.717) is 12.6 Å². The molecular weight excluding hydrogens is 204 g/mol. The van der Waals surface area contributed by atoms with E-state index in [0.717, 1.165) is 25.8 Å². The van der Waals surface area contributed by atoms with E-state index in [-0.39, 0.29) is 17.9 Å². The maximum absolute atomic E-state index is 11.9. The molecule has 1 amide bonds. The van der Waals surface area contributed by atoms with Gasteiger partial charge in [-0.25, -0.2) is 0 Å². The van der Waals surface area contributed by atoms with Gasteiger partial charge in [0, 0.05) is 32.3 Å². The molecule has 1 aliphatic heterocycles. The highest BCUT2D eigenvalue weighted by Crippen LogP contribution is 2.14. The van der Waals surface area contributed by atoms with Gasteiger partial charge in [-0.1, -0.05) is 0 Å². The Morgan fingerprint density at radius 1 is 1.56 bits per heavy atom. The molecule has 1 fully saturated rings. The molecule has 1 saturated heterocycles. The van der Waals surface area contributed by atoms with Crippen molar-refractivity contribution >= 4 is 5.91 Å². The predicted octanol–water partition coefficient (Wildman–Crippen LogP) is 0.916. The monoisotopic (exact) mass is 228 g/mol. The molecule has 0 spiro atoms. The van der Waals surface area contributed by atoms with E-state index >= 15 is 0 Å². The lowest BCUT2D eigenvalue weighted by Crippen LogP contribution is -2.46. The van der Waals surface area contributed by atoms with Crippen LogP contribution >= 0.6 is 0 Å². The van der Waals surface area contributed by atoms with Crippen LogP contribution in [-0.4, -0.2) is 38.3 Å². The quantitative estimate of drug-likeness (QED) is 0.735. The number of carbonyl (C=O) groups excluding carboxylic acids is 1. The first kappa shape index (κ1) is 13.5. The van der Waals surface area contributed by atoms with Crippen LogP contribution in [0.25, 0.3) is 0 Å². The molecular formula is C12H24N2O2. The number of rotatable bonds is 5. The molecule has 4 heteroatoms. The van der Waals surface area contributed by atoms with E-state index < -0.39 is 0 Å². The van der Waals surface area contributed by atoms with Crippen molar-refractivity contribution in [1.82, 2.24) is 10.6 Å². The summed E-state index contributed by atoms with van der Waals surface area (Å²) in [6.45, 7) is 5.69. The molecule has 3 atom stereocenters. The number of ether oxygens (including phenoxy) is 1. The van der Waals surface area contributed by atoms with E-state index in [1.165, 1.54) is 0 Å². The minimum Gasteiger partial charge on any atom is -0.385 e. The Kier molecular flexibility index (Phi) is 5.77. The van der Waals surface area contributed by atoms with Crippen LogP contribution in [0.15, 0.2) is 0 Å². The summed E-state index contributed by atoms with van der Waals surface area (Å²) in [5.74, 6) is 0.323. The zero-order valence-corrected chi connectivity index (χ0v) is 10.6. The van der Waals surface area contributed by atoms with Gasteiger partial charge < -0.3 is 15.4 Å². The number of hydrogen-bond donors (Lipinski definition) is 2. The molecule has 1 heterocycles. The van der Waals surface area contributed by atoms with Crippen LogP contribution in [0.1, 0.15) is 33.1 Å². The van der Waals surface area contributed by atoms with Gasteiger partial charge in [0.05, 0.1) is 5.92 Å². The number of piperidine rings is 1. The Labute approximate surface area is 98.1 Å². The van der Waals surface area contributed by atoms with Crippen molar-refractivity contribution in [3.63, 3.8) is 0 Å².